The maximum absolute atomic E-state index is 12.6. The van der Waals surface area contributed by atoms with Crippen molar-refractivity contribution in [3.8, 4) is 5.75 Å². The lowest BCUT2D eigenvalue weighted by atomic mass is 10.0. The second kappa shape index (κ2) is 8.93. The average molecular weight is 416 g/mol. The molecule has 1 N–H and O–H groups in total. The Bertz CT molecular complexity index is 882. The third-order valence-electron chi connectivity index (χ3n) is 4.23. The number of benzene rings is 2. The highest BCUT2D eigenvalue weighted by Crippen LogP contribution is 2.29. The highest BCUT2D eigenvalue weighted by Gasteiger charge is 2.34. The molecule has 2 aromatic carbocycles. The van der Waals surface area contributed by atoms with E-state index >= 15 is 0 Å². The van der Waals surface area contributed by atoms with Gasteiger partial charge in [0.2, 0.25) is 10.0 Å². The first-order chi connectivity index (χ1) is 13.0. The van der Waals surface area contributed by atoms with Gasteiger partial charge in [-0.15, -0.1) is 13.2 Å². The van der Waals surface area contributed by atoms with Crippen molar-refractivity contribution in [3.63, 3.8) is 0 Å². The summed E-state index contributed by atoms with van der Waals surface area (Å²) in [5, 5.41) is 0. The number of para-hydroxylation sites is 1. The largest absolute Gasteiger partial charge is 0.573 e. The van der Waals surface area contributed by atoms with Crippen molar-refractivity contribution in [1.29, 1.82) is 0 Å². The van der Waals surface area contributed by atoms with Crippen molar-refractivity contribution in [2.24, 2.45) is 0 Å². The van der Waals surface area contributed by atoms with E-state index in [0.717, 1.165) is 29.7 Å². The minimum absolute atomic E-state index is 0.0127. The fourth-order valence-electron chi connectivity index (χ4n) is 2.72. The number of rotatable bonds is 8. The fraction of sp³-hybridized carbons (Fsp3) is 0.368. The molecule has 0 bridgehead atoms. The number of ether oxygens (including phenoxy) is 1. The first-order valence-corrected chi connectivity index (χ1v) is 10.1. The molecule has 5 nitrogen and oxygen atoms in total. The van der Waals surface area contributed by atoms with Crippen LogP contribution in [0.3, 0.4) is 0 Å². The molecule has 28 heavy (non-hydrogen) atoms. The number of aryl methyl sites for hydroxylation is 1. The summed E-state index contributed by atoms with van der Waals surface area (Å²) in [6, 6.07) is 12.1. The molecule has 9 heteroatoms. The molecule has 154 valence electrons. The van der Waals surface area contributed by atoms with Crippen molar-refractivity contribution in [3.05, 3.63) is 59.7 Å². The lowest BCUT2D eigenvalue weighted by Crippen LogP contribution is -2.35. The summed E-state index contributed by atoms with van der Waals surface area (Å²) in [4.78, 5) is 1.27. The average Bonchev–Trinajstić information content (AvgIpc) is 2.61. The van der Waals surface area contributed by atoms with Gasteiger partial charge in [0.25, 0.3) is 0 Å². The predicted molar refractivity (Wildman–Crippen MR) is 101 cm³/mol. The van der Waals surface area contributed by atoms with Crippen LogP contribution in [0.5, 0.6) is 5.75 Å². The molecular formula is C19H23F3N2O3S. The Labute approximate surface area is 163 Å². The zero-order chi connectivity index (χ0) is 20.9. The number of halogens is 3. The second-order valence-electron chi connectivity index (χ2n) is 6.42. The highest BCUT2D eigenvalue weighted by atomic mass is 32.2. The van der Waals surface area contributed by atoms with Gasteiger partial charge >= 0.3 is 6.36 Å². The van der Waals surface area contributed by atoms with E-state index in [0.29, 0.717) is 0 Å². The van der Waals surface area contributed by atoms with Crippen LogP contribution in [-0.4, -0.2) is 40.3 Å². The molecule has 0 amide bonds. The van der Waals surface area contributed by atoms with Crippen LogP contribution >= 0.6 is 0 Å². The maximum atomic E-state index is 12.6. The molecule has 0 saturated heterocycles. The molecule has 1 unspecified atom stereocenters. The van der Waals surface area contributed by atoms with Gasteiger partial charge in [-0.3, -0.25) is 0 Å². The van der Waals surface area contributed by atoms with Crippen molar-refractivity contribution in [1.82, 2.24) is 9.62 Å². The van der Waals surface area contributed by atoms with E-state index in [2.05, 4.69) is 9.46 Å². The monoisotopic (exact) mass is 416 g/mol. The molecule has 0 spiro atoms. The Kier molecular flexibility index (Phi) is 7.08. The number of alkyl halides is 3. The van der Waals surface area contributed by atoms with Crippen LogP contribution in [-0.2, 0) is 16.4 Å². The number of hydrogen-bond donors (Lipinski definition) is 1. The van der Waals surface area contributed by atoms with Gasteiger partial charge in [0, 0.05) is 12.6 Å². The molecular weight excluding hydrogens is 393 g/mol. The summed E-state index contributed by atoms with van der Waals surface area (Å²) in [5.74, 6) is -0.767. The first kappa shape index (κ1) is 22.2. The lowest BCUT2D eigenvalue weighted by Gasteiger charge is -2.25. The quantitative estimate of drug-likeness (QED) is 0.713. The van der Waals surface area contributed by atoms with Crippen LogP contribution in [0.2, 0.25) is 0 Å². The van der Waals surface area contributed by atoms with Crippen LogP contribution in [0.4, 0.5) is 13.2 Å². The smallest absolute Gasteiger partial charge is 0.404 e. The molecule has 0 aromatic heterocycles. The van der Waals surface area contributed by atoms with Gasteiger partial charge in [0.1, 0.15) is 10.6 Å². The summed E-state index contributed by atoms with van der Waals surface area (Å²) >= 11 is 0. The molecule has 0 aliphatic rings. The third kappa shape index (κ3) is 5.95. The lowest BCUT2D eigenvalue weighted by molar-refractivity contribution is -0.275. The molecule has 0 saturated carbocycles. The van der Waals surface area contributed by atoms with Gasteiger partial charge in [-0.05, 0) is 43.8 Å². The zero-order valence-corrected chi connectivity index (χ0v) is 16.6. The third-order valence-corrected chi connectivity index (χ3v) is 5.69. The Morgan fingerprint density at radius 2 is 1.68 bits per heavy atom. The Balaban J connectivity index is 2.23. The minimum atomic E-state index is -4.99. The minimum Gasteiger partial charge on any atom is -0.404 e. The van der Waals surface area contributed by atoms with Gasteiger partial charge < -0.3 is 9.64 Å². The summed E-state index contributed by atoms with van der Waals surface area (Å²) in [5.41, 5.74) is 2.05. The van der Waals surface area contributed by atoms with Gasteiger partial charge in [0.05, 0.1) is 0 Å². The van der Waals surface area contributed by atoms with Crippen LogP contribution in [0, 0.1) is 0 Å². The Morgan fingerprint density at radius 1 is 1.07 bits per heavy atom. The molecule has 0 heterocycles. The first-order valence-electron chi connectivity index (χ1n) is 8.63. The van der Waals surface area contributed by atoms with E-state index in [9.17, 15) is 21.6 Å². The van der Waals surface area contributed by atoms with Crippen LogP contribution < -0.4 is 9.46 Å². The number of likely N-dealkylation sites (N-methyl/N-ethyl adjacent to an activating group) is 1. The van der Waals surface area contributed by atoms with Crippen LogP contribution in [0.15, 0.2) is 53.4 Å². The summed E-state index contributed by atoms with van der Waals surface area (Å²) in [6.07, 6.45) is -4.10. The fourth-order valence-corrected chi connectivity index (χ4v) is 3.89. The van der Waals surface area contributed by atoms with Crippen LogP contribution in [0.1, 0.15) is 24.1 Å². The molecule has 0 aliphatic heterocycles. The normalized spacial score (nSPS) is 13.5. The van der Waals surface area contributed by atoms with Gasteiger partial charge in [-0.1, -0.05) is 43.3 Å². The van der Waals surface area contributed by atoms with E-state index in [4.69, 9.17) is 0 Å². The van der Waals surface area contributed by atoms with Gasteiger partial charge in [-0.25, -0.2) is 13.1 Å². The number of nitrogens with zero attached hydrogens (tertiary/aromatic N) is 1. The van der Waals surface area contributed by atoms with Gasteiger partial charge in [-0.2, -0.15) is 0 Å². The summed E-state index contributed by atoms with van der Waals surface area (Å²) < 4.78 is 69.2. The predicted octanol–water partition coefficient (Wildman–Crippen LogP) is 3.73. The second-order valence-corrected chi connectivity index (χ2v) is 8.16. The van der Waals surface area contributed by atoms with E-state index in [1.807, 2.05) is 36.1 Å². The van der Waals surface area contributed by atoms with Crippen molar-refractivity contribution >= 4 is 10.0 Å². The number of sulfonamides is 1. The standard InChI is InChI=1S/C19H23F3N2O3S/c1-4-14-9-11-15(12-10-14)16(24(2)3)13-23-28(25,26)18-8-6-5-7-17(18)27-19(20,21)22/h5-12,16,23H,4,13H2,1-3H3. The van der Waals surface area contributed by atoms with E-state index < -0.39 is 27.0 Å². The molecule has 0 radical (unpaired) electrons. The van der Waals surface area contributed by atoms with E-state index in [-0.39, 0.29) is 12.6 Å². The van der Waals surface area contributed by atoms with Crippen molar-refractivity contribution < 1.29 is 26.3 Å². The van der Waals surface area contributed by atoms with Gasteiger partial charge in [0.15, 0.2) is 0 Å². The molecule has 2 rings (SSSR count). The summed E-state index contributed by atoms with van der Waals surface area (Å²) in [6.45, 7) is 2.02. The molecule has 2 aromatic rings. The topological polar surface area (TPSA) is 58.6 Å². The van der Waals surface area contributed by atoms with Crippen molar-refractivity contribution in [2.75, 3.05) is 20.6 Å². The molecule has 0 aliphatic carbocycles. The Morgan fingerprint density at radius 3 is 2.21 bits per heavy atom. The van der Waals surface area contributed by atoms with E-state index in [1.54, 1.807) is 14.1 Å². The van der Waals surface area contributed by atoms with Crippen LogP contribution in [0.25, 0.3) is 0 Å². The SMILES string of the molecule is CCc1ccc(C(CNS(=O)(=O)c2ccccc2OC(F)(F)F)N(C)C)cc1. The number of hydrogen-bond acceptors (Lipinski definition) is 4. The van der Waals surface area contributed by atoms with Crippen molar-refractivity contribution in [2.45, 2.75) is 30.6 Å². The summed E-state index contributed by atoms with van der Waals surface area (Å²) in [7, 11) is -0.616. The maximum Gasteiger partial charge on any atom is 0.573 e. The highest BCUT2D eigenvalue weighted by molar-refractivity contribution is 7.89. The zero-order valence-electron chi connectivity index (χ0n) is 15.8. The Hall–Kier alpha value is -2.10. The number of nitrogens with one attached hydrogen (secondary N) is 1. The van der Waals surface area contributed by atoms with E-state index in [1.165, 1.54) is 12.1 Å². The molecule has 1 atom stereocenters. The molecule has 0 fully saturated rings.